The molecule has 0 saturated carbocycles. The lowest BCUT2D eigenvalue weighted by Gasteiger charge is -2.12. The lowest BCUT2D eigenvalue weighted by molar-refractivity contribution is 0.0951. The van der Waals surface area contributed by atoms with Gasteiger partial charge in [-0.15, -0.1) is 11.3 Å². The number of rotatable bonds is 7. The van der Waals surface area contributed by atoms with Crippen LogP contribution in [0.4, 0.5) is 5.00 Å². The Morgan fingerprint density at radius 2 is 1.71 bits per heavy atom. The number of thiophene rings is 1. The molecule has 4 nitrogen and oxygen atoms in total. The Bertz CT molecular complexity index is 1620. The predicted octanol–water partition coefficient (Wildman–Crippen LogP) is 8.07. The number of nitrogens with one attached hydrogen (secondary N) is 1. The summed E-state index contributed by atoms with van der Waals surface area (Å²) in [7, 11) is 0. The first-order valence-electron chi connectivity index (χ1n) is 13.0. The van der Waals surface area contributed by atoms with Crippen LogP contribution in [0.1, 0.15) is 50.3 Å². The zero-order chi connectivity index (χ0) is 25.9. The maximum absolute atomic E-state index is 13.4. The summed E-state index contributed by atoms with van der Waals surface area (Å²) < 4.78 is 3.35. The van der Waals surface area contributed by atoms with Crippen LogP contribution in [-0.2, 0) is 25.9 Å². The summed E-state index contributed by atoms with van der Waals surface area (Å²) in [6.45, 7) is 1.29. The van der Waals surface area contributed by atoms with Crippen molar-refractivity contribution in [3.8, 4) is 0 Å². The zero-order valence-corrected chi connectivity index (χ0v) is 23.4. The number of carbonyl (C=O) groups is 1. The van der Waals surface area contributed by atoms with E-state index in [9.17, 15) is 4.79 Å². The minimum atomic E-state index is -0.0296. The molecule has 2 aromatic heterocycles. The summed E-state index contributed by atoms with van der Waals surface area (Å²) in [5, 5.41) is 5.11. The summed E-state index contributed by atoms with van der Waals surface area (Å²) in [5.41, 5.74) is 6.50. The monoisotopic (exact) mass is 581 g/mol. The van der Waals surface area contributed by atoms with Crippen molar-refractivity contribution in [1.82, 2.24) is 9.88 Å². The normalized spacial score (nSPS) is 13.2. The number of para-hydroxylation sites is 1. The van der Waals surface area contributed by atoms with Crippen LogP contribution in [0.3, 0.4) is 0 Å². The van der Waals surface area contributed by atoms with Crippen LogP contribution in [0.15, 0.2) is 94.5 Å². The van der Waals surface area contributed by atoms with E-state index in [0.29, 0.717) is 6.54 Å². The largest absolute Gasteiger partial charge is 0.348 e. The summed E-state index contributed by atoms with van der Waals surface area (Å²) in [5.74, 6) is -0.0296. The minimum Gasteiger partial charge on any atom is -0.348 e. The molecular formula is C32H28BrN3OS. The van der Waals surface area contributed by atoms with E-state index in [1.165, 1.54) is 27.9 Å². The molecule has 1 N–H and O–H groups in total. The number of aliphatic imine (C=N–C) groups is 1. The highest BCUT2D eigenvalue weighted by Crippen LogP contribution is 2.40. The molecule has 0 unspecified atom stereocenters. The third-order valence-electron chi connectivity index (χ3n) is 7.08. The topological polar surface area (TPSA) is 46.4 Å². The number of halogens is 1. The molecule has 0 bridgehead atoms. The molecule has 1 aliphatic carbocycles. The molecule has 1 amide bonds. The second kappa shape index (κ2) is 11.1. The maximum Gasteiger partial charge on any atom is 0.254 e. The molecule has 38 heavy (non-hydrogen) atoms. The Kier molecular flexibility index (Phi) is 7.25. The summed E-state index contributed by atoms with van der Waals surface area (Å²) in [6, 6.07) is 26.9. The van der Waals surface area contributed by atoms with E-state index >= 15 is 0 Å². The van der Waals surface area contributed by atoms with E-state index in [1.54, 1.807) is 11.3 Å². The van der Waals surface area contributed by atoms with Gasteiger partial charge in [-0.1, -0.05) is 76.6 Å². The van der Waals surface area contributed by atoms with E-state index in [1.807, 2.05) is 36.5 Å². The van der Waals surface area contributed by atoms with Gasteiger partial charge in [-0.25, -0.2) is 4.99 Å². The Morgan fingerprint density at radius 1 is 0.947 bits per heavy atom. The van der Waals surface area contributed by atoms with E-state index in [2.05, 4.69) is 80.5 Å². The maximum atomic E-state index is 13.4. The highest BCUT2D eigenvalue weighted by molar-refractivity contribution is 9.10. The molecule has 5 aromatic rings. The third-order valence-corrected chi connectivity index (χ3v) is 8.81. The molecule has 0 saturated heterocycles. The second-order valence-electron chi connectivity index (χ2n) is 9.67. The first-order valence-corrected chi connectivity index (χ1v) is 14.6. The number of fused-ring (bicyclic) bond motifs is 2. The average Bonchev–Trinajstić information content (AvgIpc) is 3.50. The lowest BCUT2D eigenvalue weighted by Crippen LogP contribution is -2.24. The van der Waals surface area contributed by atoms with Crippen LogP contribution in [0, 0.1) is 0 Å². The number of nitrogens with zero attached hydrogens (tertiary/aromatic N) is 2. The van der Waals surface area contributed by atoms with Gasteiger partial charge in [0.05, 0.1) is 5.56 Å². The van der Waals surface area contributed by atoms with Gasteiger partial charge >= 0.3 is 0 Å². The summed E-state index contributed by atoms with van der Waals surface area (Å²) in [6.07, 6.45) is 8.37. The van der Waals surface area contributed by atoms with Gasteiger partial charge in [0, 0.05) is 51.3 Å². The molecule has 0 spiro atoms. The molecule has 0 radical (unpaired) electrons. The summed E-state index contributed by atoms with van der Waals surface area (Å²) >= 11 is 5.20. The van der Waals surface area contributed by atoms with E-state index < -0.39 is 0 Å². The number of amides is 1. The van der Waals surface area contributed by atoms with E-state index in [-0.39, 0.29) is 5.91 Å². The van der Waals surface area contributed by atoms with Gasteiger partial charge in [0.25, 0.3) is 5.91 Å². The van der Waals surface area contributed by atoms with Crippen LogP contribution in [-0.4, -0.2) is 16.7 Å². The highest BCUT2D eigenvalue weighted by Gasteiger charge is 2.25. The fraction of sp³-hybridized carbons (Fsp3) is 0.188. The van der Waals surface area contributed by atoms with Crippen molar-refractivity contribution in [1.29, 1.82) is 0 Å². The number of hydrogen-bond acceptors (Lipinski definition) is 3. The van der Waals surface area contributed by atoms with Gasteiger partial charge in [-0.3, -0.25) is 4.79 Å². The quantitative estimate of drug-likeness (QED) is 0.194. The number of hydrogen-bond donors (Lipinski definition) is 1. The molecule has 6 rings (SSSR count). The number of carbonyl (C=O) groups excluding carboxylic acids is 1. The molecule has 1 aliphatic rings. The van der Waals surface area contributed by atoms with Crippen LogP contribution >= 0.6 is 27.3 Å². The molecule has 2 heterocycles. The SMILES string of the molecule is O=C(NCc1ccccc1)c1c(N=Cc2cn(Cc3ccc(Br)cc3)c3ccccc23)sc2c1CCCC2. The van der Waals surface area contributed by atoms with Gasteiger partial charge in [-0.2, -0.15) is 0 Å². The van der Waals surface area contributed by atoms with Gasteiger partial charge < -0.3 is 9.88 Å². The molecule has 190 valence electrons. The molecule has 6 heteroatoms. The Morgan fingerprint density at radius 3 is 2.55 bits per heavy atom. The average molecular weight is 583 g/mol. The first-order chi connectivity index (χ1) is 18.7. The van der Waals surface area contributed by atoms with E-state index in [0.717, 1.165) is 57.4 Å². The Hall–Kier alpha value is -3.48. The van der Waals surface area contributed by atoms with Gasteiger partial charge in [-0.05, 0) is 60.6 Å². The van der Waals surface area contributed by atoms with Crippen molar-refractivity contribution < 1.29 is 4.79 Å². The van der Waals surface area contributed by atoms with Crippen LogP contribution in [0.25, 0.3) is 10.9 Å². The van der Waals surface area contributed by atoms with Gasteiger partial charge in [0.15, 0.2) is 0 Å². The van der Waals surface area contributed by atoms with Crippen molar-refractivity contribution in [2.24, 2.45) is 4.99 Å². The van der Waals surface area contributed by atoms with Crippen LogP contribution in [0.5, 0.6) is 0 Å². The van der Waals surface area contributed by atoms with Crippen LogP contribution in [0.2, 0.25) is 0 Å². The fourth-order valence-electron chi connectivity index (χ4n) is 5.17. The smallest absolute Gasteiger partial charge is 0.254 e. The molecular weight excluding hydrogens is 554 g/mol. The number of aromatic nitrogens is 1. The third kappa shape index (κ3) is 5.24. The minimum absolute atomic E-state index is 0.0296. The predicted molar refractivity (Wildman–Crippen MR) is 161 cm³/mol. The van der Waals surface area contributed by atoms with Crippen molar-refractivity contribution in [3.05, 3.63) is 122 Å². The molecule has 3 aromatic carbocycles. The zero-order valence-electron chi connectivity index (χ0n) is 21.0. The van der Waals surface area contributed by atoms with E-state index in [4.69, 9.17) is 4.99 Å². The second-order valence-corrected chi connectivity index (χ2v) is 11.7. The molecule has 0 aliphatic heterocycles. The van der Waals surface area contributed by atoms with Crippen molar-refractivity contribution in [3.63, 3.8) is 0 Å². The Labute approximate surface area is 235 Å². The van der Waals surface area contributed by atoms with Gasteiger partial charge in [0.2, 0.25) is 0 Å². The fourth-order valence-corrected chi connectivity index (χ4v) is 6.66. The van der Waals surface area contributed by atoms with Crippen LogP contribution < -0.4 is 5.32 Å². The first kappa shape index (κ1) is 24.8. The standard InChI is InChI=1S/C32H28BrN3OS/c33-25-16-14-23(15-17-25)20-36-21-24(26-10-4-6-12-28(26)36)19-35-32-30(27-11-5-7-13-29(27)38-32)31(37)34-18-22-8-2-1-3-9-22/h1-4,6,8-10,12,14-17,19,21H,5,7,11,13,18,20H2,(H,34,37). The molecule has 0 fully saturated rings. The lowest BCUT2D eigenvalue weighted by atomic mass is 9.95. The van der Waals surface area contributed by atoms with Gasteiger partial charge in [0.1, 0.15) is 5.00 Å². The van der Waals surface area contributed by atoms with Crippen molar-refractivity contribution in [2.45, 2.75) is 38.8 Å². The number of aryl methyl sites for hydroxylation is 1. The number of benzene rings is 3. The molecule has 0 atom stereocenters. The van der Waals surface area contributed by atoms with Crippen molar-refractivity contribution in [2.75, 3.05) is 0 Å². The van der Waals surface area contributed by atoms with Crippen molar-refractivity contribution >= 4 is 55.3 Å². The summed E-state index contributed by atoms with van der Waals surface area (Å²) in [4.78, 5) is 19.7. The highest BCUT2D eigenvalue weighted by atomic mass is 79.9. The Balaban J connectivity index is 1.32.